The lowest BCUT2D eigenvalue weighted by molar-refractivity contribution is -0.121. The second-order valence-corrected chi connectivity index (χ2v) is 4.76. The molecule has 0 saturated heterocycles. The second kappa shape index (κ2) is 8.72. The maximum absolute atomic E-state index is 11.3. The predicted molar refractivity (Wildman–Crippen MR) is 64.8 cm³/mol. The SMILES string of the molecule is CC(C)CC(=O)NCCCCNC(C)C. The van der Waals surface area contributed by atoms with Crippen LogP contribution in [0.4, 0.5) is 0 Å². The minimum atomic E-state index is 0.182. The van der Waals surface area contributed by atoms with Gasteiger partial charge in [0.2, 0.25) is 5.91 Å². The Labute approximate surface area is 94.0 Å². The summed E-state index contributed by atoms with van der Waals surface area (Å²) in [4.78, 5) is 11.3. The van der Waals surface area contributed by atoms with E-state index < -0.39 is 0 Å². The summed E-state index contributed by atoms with van der Waals surface area (Å²) in [6, 6.07) is 0.556. The molecule has 0 aliphatic carbocycles. The third-order valence-electron chi connectivity index (χ3n) is 2.07. The Bertz CT molecular complexity index is 167. The van der Waals surface area contributed by atoms with Crippen molar-refractivity contribution in [2.75, 3.05) is 13.1 Å². The molecule has 0 rings (SSSR count). The minimum absolute atomic E-state index is 0.182. The van der Waals surface area contributed by atoms with Gasteiger partial charge in [-0.05, 0) is 25.3 Å². The zero-order valence-electron chi connectivity index (χ0n) is 10.6. The molecule has 90 valence electrons. The van der Waals surface area contributed by atoms with Crippen molar-refractivity contribution in [3.63, 3.8) is 0 Å². The number of carbonyl (C=O) groups excluding carboxylic acids is 1. The molecule has 0 aromatic carbocycles. The van der Waals surface area contributed by atoms with Gasteiger partial charge in [-0.2, -0.15) is 0 Å². The molecule has 0 heterocycles. The molecule has 3 heteroatoms. The number of nitrogens with one attached hydrogen (secondary N) is 2. The van der Waals surface area contributed by atoms with E-state index in [4.69, 9.17) is 0 Å². The van der Waals surface area contributed by atoms with Crippen LogP contribution in [0.5, 0.6) is 0 Å². The van der Waals surface area contributed by atoms with Crippen molar-refractivity contribution in [2.24, 2.45) is 5.92 Å². The van der Waals surface area contributed by atoms with Crippen molar-refractivity contribution < 1.29 is 4.79 Å². The normalized spacial score (nSPS) is 11.1. The van der Waals surface area contributed by atoms with E-state index in [1.807, 2.05) is 0 Å². The Morgan fingerprint density at radius 1 is 1.07 bits per heavy atom. The zero-order chi connectivity index (χ0) is 11.7. The van der Waals surface area contributed by atoms with Crippen LogP contribution in [0.15, 0.2) is 0 Å². The van der Waals surface area contributed by atoms with Crippen molar-refractivity contribution in [2.45, 2.75) is 53.0 Å². The van der Waals surface area contributed by atoms with E-state index in [1.54, 1.807) is 0 Å². The fraction of sp³-hybridized carbons (Fsp3) is 0.917. The molecule has 0 spiro atoms. The standard InChI is InChI=1S/C12H26N2O/c1-10(2)9-12(15)14-8-6-5-7-13-11(3)4/h10-11,13H,5-9H2,1-4H3,(H,14,15). The van der Waals surface area contributed by atoms with Crippen LogP contribution in [0, 0.1) is 5.92 Å². The highest BCUT2D eigenvalue weighted by molar-refractivity contribution is 5.75. The molecule has 0 fully saturated rings. The fourth-order valence-electron chi connectivity index (χ4n) is 1.31. The summed E-state index contributed by atoms with van der Waals surface area (Å²) < 4.78 is 0. The van der Waals surface area contributed by atoms with Gasteiger partial charge < -0.3 is 10.6 Å². The topological polar surface area (TPSA) is 41.1 Å². The first-order valence-electron chi connectivity index (χ1n) is 6.02. The van der Waals surface area contributed by atoms with Crippen molar-refractivity contribution >= 4 is 5.91 Å². The second-order valence-electron chi connectivity index (χ2n) is 4.76. The first kappa shape index (κ1) is 14.4. The summed E-state index contributed by atoms with van der Waals surface area (Å²) >= 11 is 0. The van der Waals surface area contributed by atoms with Gasteiger partial charge in [0.1, 0.15) is 0 Å². The molecule has 0 aromatic heterocycles. The largest absolute Gasteiger partial charge is 0.356 e. The Kier molecular flexibility index (Phi) is 8.38. The zero-order valence-corrected chi connectivity index (χ0v) is 10.6. The summed E-state index contributed by atoms with van der Waals surface area (Å²) in [7, 11) is 0. The summed E-state index contributed by atoms with van der Waals surface area (Å²) in [6.45, 7) is 10.3. The lowest BCUT2D eigenvalue weighted by Gasteiger charge is -2.09. The van der Waals surface area contributed by atoms with Crippen LogP contribution in [0.2, 0.25) is 0 Å². The van der Waals surface area contributed by atoms with E-state index in [9.17, 15) is 4.79 Å². The first-order chi connectivity index (χ1) is 7.02. The van der Waals surface area contributed by atoms with E-state index in [0.29, 0.717) is 18.4 Å². The Morgan fingerprint density at radius 3 is 2.20 bits per heavy atom. The van der Waals surface area contributed by atoms with Crippen LogP contribution in [0.1, 0.15) is 47.0 Å². The molecule has 15 heavy (non-hydrogen) atoms. The van der Waals surface area contributed by atoms with Crippen LogP contribution >= 0.6 is 0 Å². The lowest BCUT2D eigenvalue weighted by atomic mass is 10.1. The molecule has 0 atom stereocenters. The van der Waals surface area contributed by atoms with Crippen molar-refractivity contribution in [1.82, 2.24) is 10.6 Å². The van der Waals surface area contributed by atoms with Crippen LogP contribution in [0.25, 0.3) is 0 Å². The molecule has 0 aromatic rings. The quantitative estimate of drug-likeness (QED) is 0.606. The van der Waals surface area contributed by atoms with Crippen molar-refractivity contribution in [3.8, 4) is 0 Å². The van der Waals surface area contributed by atoms with Crippen LogP contribution in [-0.2, 0) is 4.79 Å². The molecule has 3 nitrogen and oxygen atoms in total. The highest BCUT2D eigenvalue weighted by Crippen LogP contribution is 1.98. The summed E-state index contributed by atoms with van der Waals surface area (Å²) in [5.41, 5.74) is 0. The first-order valence-corrected chi connectivity index (χ1v) is 6.02. The van der Waals surface area contributed by atoms with E-state index in [2.05, 4.69) is 38.3 Å². The van der Waals surface area contributed by atoms with Crippen LogP contribution in [-0.4, -0.2) is 25.0 Å². The molecule has 0 bridgehead atoms. The molecule has 2 N–H and O–H groups in total. The molecule has 0 radical (unpaired) electrons. The molecule has 0 saturated carbocycles. The van der Waals surface area contributed by atoms with Gasteiger partial charge in [0.25, 0.3) is 0 Å². The van der Waals surface area contributed by atoms with Crippen LogP contribution < -0.4 is 10.6 Å². The number of amides is 1. The van der Waals surface area contributed by atoms with Gasteiger partial charge in [-0.15, -0.1) is 0 Å². The Balaban J connectivity index is 3.20. The van der Waals surface area contributed by atoms with Gasteiger partial charge in [0, 0.05) is 19.0 Å². The third kappa shape index (κ3) is 11.4. The van der Waals surface area contributed by atoms with Gasteiger partial charge in [0.05, 0.1) is 0 Å². The van der Waals surface area contributed by atoms with Gasteiger partial charge >= 0.3 is 0 Å². The van der Waals surface area contributed by atoms with Crippen molar-refractivity contribution in [3.05, 3.63) is 0 Å². The molecule has 0 aliphatic heterocycles. The van der Waals surface area contributed by atoms with Gasteiger partial charge in [0.15, 0.2) is 0 Å². The lowest BCUT2D eigenvalue weighted by Crippen LogP contribution is -2.27. The highest BCUT2D eigenvalue weighted by atomic mass is 16.1. The van der Waals surface area contributed by atoms with Gasteiger partial charge in [-0.3, -0.25) is 4.79 Å². The number of carbonyl (C=O) groups is 1. The van der Waals surface area contributed by atoms with Crippen LogP contribution in [0.3, 0.4) is 0 Å². The highest BCUT2D eigenvalue weighted by Gasteiger charge is 2.02. The minimum Gasteiger partial charge on any atom is -0.356 e. The third-order valence-corrected chi connectivity index (χ3v) is 2.07. The van der Waals surface area contributed by atoms with E-state index >= 15 is 0 Å². The average Bonchev–Trinajstić information content (AvgIpc) is 2.09. The van der Waals surface area contributed by atoms with E-state index in [1.165, 1.54) is 0 Å². The summed E-state index contributed by atoms with van der Waals surface area (Å²) in [6.07, 6.45) is 2.83. The number of hydrogen-bond donors (Lipinski definition) is 2. The molecule has 0 aliphatic rings. The molecule has 0 unspecified atom stereocenters. The smallest absolute Gasteiger partial charge is 0.220 e. The van der Waals surface area contributed by atoms with Gasteiger partial charge in [-0.25, -0.2) is 0 Å². The molecular formula is C12H26N2O. The maximum Gasteiger partial charge on any atom is 0.220 e. The molecular weight excluding hydrogens is 188 g/mol. The predicted octanol–water partition coefficient (Wildman–Crippen LogP) is 1.93. The number of hydrogen-bond acceptors (Lipinski definition) is 2. The van der Waals surface area contributed by atoms with E-state index in [0.717, 1.165) is 25.9 Å². The van der Waals surface area contributed by atoms with E-state index in [-0.39, 0.29) is 5.91 Å². The van der Waals surface area contributed by atoms with Crippen molar-refractivity contribution in [1.29, 1.82) is 0 Å². The van der Waals surface area contributed by atoms with Gasteiger partial charge in [-0.1, -0.05) is 27.7 Å². The number of unbranched alkanes of at least 4 members (excludes halogenated alkanes) is 1. The Morgan fingerprint density at radius 2 is 1.67 bits per heavy atom. The summed E-state index contributed by atoms with van der Waals surface area (Å²) in [5.74, 6) is 0.634. The number of rotatable bonds is 8. The fourth-order valence-corrected chi connectivity index (χ4v) is 1.31. The average molecular weight is 214 g/mol. The monoisotopic (exact) mass is 214 g/mol. The molecule has 1 amide bonds. The maximum atomic E-state index is 11.3. The Hall–Kier alpha value is -0.570. The summed E-state index contributed by atoms with van der Waals surface area (Å²) in [5, 5.41) is 6.29.